The third-order valence-electron chi connectivity index (χ3n) is 6.98. The zero-order valence-corrected chi connectivity index (χ0v) is 21.2. The molecule has 0 radical (unpaired) electrons. The molecule has 1 aliphatic heterocycles. The summed E-state index contributed by atoms with van der Waals surface area (Å²) in [7, 11) is 0. The Bertz CT molecular complexity index is 861. The Hall–Kier alpha value is -2.31. The van der Waals surface area contributed by atoms with Crippen LogP contribution in [0.5, 0.6) is 0 Å². The number of hydrogen-bond donors (Lipinski definition) is 2. The molecule has 188 valence electrons. The molecule has 2 N–H and O–H groups in total. The first-order valence-corrected chi connectivity index (χ1v) is 12.4. The van der Waals surface area contributed by atoms with E-state index in [0.29, 0.717) is 12.8 Å². The number of Topliss-reactive ketones (excluding diaryl/α,β-unsaturated/α-hetero) is 1. The summed E-state index contributed by atoms with van der Waals surface area (Å²) >= 11 is 0. The SMILES string of the molecule is CC[C@H]1C(=O)C(C)(C)[C@@H](O)CC(=O)O[C@H](/C=C/c2ccccn2)C/C=C(/C)CCC[C@H](C)[C@@H]1O. The zero-order chi connectivity index (χ0) is 25.3. The fourth-order valence-corrected chi connectivity index (χ4v) is 4.39. The van der Waals surface area contributed by atoms with E-state index in [9.17, 15) is 19.8 Å². The molecule has 0 fully saturated rings. The van der Waals surface area contributed by atoms with Crippen LogP contribution in [0.2, 0.25) is 0 Å². The lowest BCUT2D eigenvalue weighted by Gasteiger charge is -2.35. The highest BCUT2D eigenvalue weighted by molar-refractivity contribution is 5.88. The van der Waals surface area contributed by atoms with Gasteiger partial charge in [-0.15, -0.1) is 0 Å². The van der Waals surface area contributed by atoms with Crippen molar-refractivity contribution in [1.29, 1.82) is 0 Å². The van der Waals surface area contributed by atoms with Gasteiger partial charge in [0.05, 0.1) is 29.7 Å². The number of allylic oxidation sites excluding steroid dienone is 1. The van der Waals surface area contributed by atoms with E-state index in [-0.39, 0.29) is 18.1 Å². The number of aromatic nitrogens is 1. The van der Waals surface area contributed by atoms with Gasteiger partial charge in [0.15, 0.2) is 0 Å². The zero-order valence-electron chi connectivity index (χ0n) is 21.2. The Morgan fingerprint density at radius 2 is 1.97 bits per heavy atom. The number of cyclic esters (lactones) is 1. The number of aliphatic hydroxyl groups is 2. The van der Waals surface area contributed by atoms with Gasteiger partial charge in [-0.1, -0.05) is 45.4 Å². The van der Waals surface area contributed by atoms with E-state index in [2.05, 4.69) is 18.0 Å². The largest absolute Gasteiger partial charge is 0.458 e. The monoisotopic (exact) mass is 471 g/mol. The average molecular weight is 472 g/mol. The Balaban J connectivity index is 2.30. The molecule has 34 heavy (non-hydrogen) atoms. The third-order valence-corrected chi connectivity index (χ3v) is 6.98. The van der Waals surface area contributed by atoms with Gasteiger partial charge in [-0.3, -0.25) is 14.6 Å². The summed E-state index contributed by atoms with van der Waals surface area (Å²) in [6.07, 6.45) is 8.16. The van der Waals surface area contributed by atoms with Crippen LogP contribution in [0.4, 0.5) is 0 Å². The summed E-state index contributed by atoms with van der Waals surface area (Å²) in [5, 5.41) is 21.8. The molecule has 1 aliphatic rings. The summed E-state index contributed by atoms with van der Waals surface area (Å²) < 4.78 is 5.69. The average Bonchev–Trinajstić information content (AvgIpc) is 2.80. The Morgan fingerprint density at radius 1 is 1.24 bits per heavy atom. The maximum absolute atomic E-state index is 13.3. The number of aliphatic hydroxyl groups excluding tert-OH is 2. The Kier molecular flexibility index (Phi) is 10.6. The van der Waals surface area contributed by atoms with E-state index in [1.165, 1.54) is 5.57 Å². The first-order valence-electron chi connectivity index (χ1n) is 12.4. The predicted molar refractivity (Wildman–Crippen MR) is 134 cm³/mol. The van der Waals surface area contributed by atoms with Crippen molar-refractivity contribution in [2.75, 3.05) is 0 Å². The molecule has 0 aliphatic carbocycles. The molecule has 0 saturated carbocycles. The topological polar surface area (TPSA) is 96.7 Å². The normalized spacial score (nSPS) is 31.6. The van der Waals surface area contributed by atoms with Crippen molar-refractivity contribution in [2.45, 2.75) is 91.5 Å². The van der Waals surface area contributed by atoms with Crippen molar-refractivity contribution in [3.63, 3.8) is 0 Å². The molecule has 5 atom stereocenters. The molecule has 2 heterocycles. The molecule has 0 saturated heterocycles. The second kappa shape index (κ2) is 13.0. The van der Waals surface area contributed by atoms with Crippen LogP contribution in [0.3, 0.4) is 0 Å². The van der Waals surface area contributed by atoms with Crippen LogP contribution in [-0.2, 0) is 14.3 Å². The van der Waals surface area contributed by atoms with Crippen molar-refractivity contribution >= 4 is 17.8 Å². The van der Waals surface area contributed by atoms with Crippen LogP contribution >= 0.6 is 0 Å². The van der Waals surface area contributed by atoms with Gasteiger partial charge in [-0.2, -0.15) is 0 Å². The lowest BCUT2D eigenvalue weighted by Crippen LogP contribution is -2.46. The summed E-state index contributed by atoms with van der Waals surface area (Å²) in [6.45, 7) is 9.18. The molecule has 1 aromatic rings. The second-order valence-corrected chi connectivity index (χ2v) is 10.1. The molecule has 2 rings (SSSR count). The standard InChI is InChI=1S/C28H41NO5/c1-6-23-26(32)20(3)11-9-10-19(2)13-15-22(16-14-21-12-7-8-17-29-21)34-25(31)18-24(30)28(4,5)27(23)33/h7-8,12-14,16-17,20,22-24,26,30,32H,6,9-11,15,18H2,1-5H3/b16-14+,19-13-/t20-,22-,23+,24-,26-/m0/s1. The molecule has 0 spiro atoms. The first-order chi connectivity index (χ1) is 16.1. The molecule has 0 bridgehead atoms. The fraction of sp³-hybridized carbons (Fsp3) is 0.607. The van der Waals surface area contributed by atoms with Gasteiger partial charge in [-0.25, -0.2) is 0 Å². The summed E-state index contributed by atoms with van der Waals surface area (Å²) in [6, 6.07) is 5.59. The van der Waals surface area contributed by atoms with Crippen LogP contribution in [0.15, 0.2) is 42.1 Å². The van der Waals surface area contributed by atoms with Gasteiger partial charge >= 0.3 is 5.97 Å². The molecule has 6 nitrogen and oxygen atoms in total. The van der Waals surface area contributed by atoms with E-state index in [4.69, 9.17) is 4.74 Å². The van der Waals surface area contributed by atoms with E-state index in [1.807, 2.05) is 38.1 Å². The summed E-state index contributed by atoms with van der Waals surface area (Å²) in [5.41, 5.74) is 0.759. The number of nitrogens with zero attached hydrogens (tertiary/aromatic N) is 1. The van der Waals surface area contributed by atoms with E-state index in [1.54, 1.807) is 26.1 Å². The van der Waals surface area contributed by atoms with Crippen molar-refractivity contribution < 1.29 is 24.5 Å². The number of carbonyl (C=O) groups is 2. The third kappa shape index (κ3) is 7.88. The van der Waals surface area contributed by atoms with E-state index in [0.717, 1.165) is 25.0 Å². The minimum atomic E-state index is -1.21. The van der Waals surface area contributed by atoms with Gasteiger partial charge in [0.25, 0.3) is 0 Å². The van der Waals surface area contributed by atoms with Crippen molar-refractivity contribution in [1.82, 2.24) is 4.98 Å². The Morgan fingerprint density at radius 3 is 2.62 bits per heavy atom. The minimum Gasteiger partial charge on any atom is -0.458 e. The van der Waals surface area contributed by atoms with Gasteiger partial charge in [0, 0.05) is 18.5 Å². The molecule has 0 amide bonds. The number of pyridine rings is 1. The smallest absolute Gasteiger partial charge is 0.309 e. The van der Waals surface area contributed by atoms with Gasteiger partial charge in [0.1, 0.15) is 11.9 Å². The maximum atomic E-state index is 13.3. The van der Waals surface area contributed by atoms with E-state index >= 15 is 0 Å². The molecule has 1 aromatic heterocycles. The predicted octanol–water partition coefficient (Wildman–Crippen LogP) is 4.90. The van der Waals surface area contributed by atoms with Crippen LogP contribution in [-0.4, -0.2) is 45.3 Å². The van der Waals surface area contributed by atoms with Crippen LogP contribution in [0, 0.1) is 17.3 Å². The van der Waals surface area contributed by atoms with Gasteiger partial charge in [-0.05, 0) is 62.8 Å². The molecule has 0 unspecified atom stereocenters. The van der Waals surface area contributed by atoms with Gasteiger partial charge in [0.2, 0.25) is 0 Å². The number of ether oxygens (including phenoxy) is 1. The molecule has 0 aromatic carbocycles. The highest BCUT2D eigenvalue weighted by Gasteiger charge is 2.43. The number of ketones is 1. The highest BCUT2D eigenvalue weighted by Crippen LogP contribution is 2.33. The minimum absolute atomic E-state index is 0.0402. The van der Waals surface area contributed by atoms with Crippen molar-refractivity contribution in [3.8, 4) is 0 Å². The summed E-state index contributed by atoms with van der Waals surface area (Å²) in [5.74, 6) is -1.41. The quantitative estimate of drug-likeness (QED) is 0.481. The number of esters is 1. The molecule has 6 heteroatoms. The Labute approximate surface area is 204 Å². The van der Waals surface area contributed by atoms with Gasteiger partial charge < -0.3 is 14.9 Å². The van der Waals surface area contributed by atoms with Crippen molar-refractivity contribution in [2.24, 2.45) is 17.3 Å². The lowest BCUT2D eigenvalue weighted by molar-refractivity contribution is -0.154. The number of carbonyl (C=O) groups excluding carboxylic acids is 2. The first kappa shape index (κ1) is 27.9. The molecular formula is C28H41NO5. The second-order valence-electron chi connectivity index (χ2n) is 10.1. The summed E-state index contributed by atoms with van der Waals surface area (Å²) in [4.78, 5) is 30.3. The lowest BCUT2D eigenvalue weighted by atomic mass is 9.71. The van der Waals surface area contributed by atoms with Crippen molar-refractivity contribution in [3.05, 3.63) is 47.8 Å². The number of hydrogen-bond acceptors (Lipinski definition) is 6. The number of rotatable bonds is 3. The highest BCUT2D eigenvalue weighted by atomic mass is 16.5. The van der Waals surface area contributed by atoms with E-state index < -0.39 is 35.6 Å². The van der Waals surface area contributed by atoms with Crippen LogP contribution < -0.4 is 0 Å². The fourth-order valence-electron chi connectivity index (χ4n) is 4.39. The van der Waals surface area contributed by atoms with Crippen LogP contribution in [0.1, 0.15) is 78.8 Å². The maximum Gasteiger partial charge on any atom is 0.309 e. The molecular weight excluding hydrogens is 430 g/mol. The van der Waals surface area contributed by atoms with Crippen LogP contribution in [0.25, 0.3) is 6.08 Å².